The van der Waals surface area contributed by atoms with Gasteiger partial charge in [-0.05, 0) is 59.3 Å². The van der Waals surface area contributed by atoms with E-state index >= 15 is 0 Å². The number of ether oxygens (including phenoxy) is 1. The summed E-state index contributed by atoms with van der Waals surface area (Å²) in [6.45, 7) is 6.52. The zero-order chi connectivity index (χ0) is 15.3. The van der Waals surface area contributed by atoms with E-state index in [0.29, 0.717) is 29.2 Å². The Hall–Kier alpha value is -0.780. The number of rotatable bonds is 7. The quantitative estimate of drug-likeness (QED) is 0.708. The van der Waals surface area contributed by atoms with E-state index in [1.54, 1.807) is 12.1 Å². The van der Waals surface area contributed by atoms with Crippen LogP contribution in [0.3, 0.4) is 0 Å². The number of halogens is 1. The third kappa shape index (κ3) is 4.65. The second-order valence-electron chi connectivity index (χ2n) is 5.35. The summed E-state index contributed by atoms with van der Waals surface area (Å²) < 4.78 is 5.89. The van der Waals surface area contributed by atoms with Crippen LogP contribution >= 0.6 is 15.9 Å². The Bertz CT molecular complexity index is 437. The molecule has 0 unspecified atom stereocenters. The van der Waals surface area contributed by atoms with Crippen molar-refractivity contribution in [1.82, 2.24) is 0 Å². The summed E-state index contributed by atoms with van der Waals surface area (Å²) in [7, 11) is 0. The van der Waals surface area contributed by atoms with E-state index in [2.05, 4.69) is 29.8 Å². The third-order valence-corrected chi connectivity index (χ3v) is 3.79. The van der Waals surface area contributed by atoms with Crippen molar-refractivity contribution < 1.29 is 14.9 Å². The zero-order valence-electron chi connectivity index (χ0n) is 12.3. The highest BCUT2D eigenvalue weighted by molar-refractivity contribution is 9.10. The van der Waals surface area contributed by atoms with Gasteiger partial charge in [0.2, 0.25) is 0 Å². The molecule has 0 aromatic heterocycles. The molecule has 1 rings (SSSR count). The van der Waals surface area contributed by atoms with Crippen LogP contribution in [0.1, 0.15) is 45.2 Å². The van der Waals surface area contributed by atoms with Gasteiger partial charge in [0.1, 0.15) is 0 Å². The monoisotopic (exact) mass is 345 g/mol. The molecule has 0 saturated heterocycles. The van der Waals surface area contributed by atoms with E-state index in [9.17, 15) is 10.2 Å². The van der Waals surface area contributed by atoms with E-state index < -0.39 is 12.1 Å². The molecule has 1 aromatic carbocycles. The third-order valence-electron chi connectivity index (χ3n) is 3.19. The predicted molar refractivity (Wildman–Crippen MR) is 84.0 cm³/mol. The van der Waals surface area contributed by atoms with Crippen LogP contribution in [0.4, 0.5) is 0 Å². The lowest BCUT2D eigenvalue weighted by molar-refractivity contribution is 0.128. The molecule has 0 heterocycles. The van der Waals surface area contributed by atoms with E-state index in [1.165, 1.54) is 0 Å². The van der Waals surface area contributed by atoms with Gasteiger partial charge in [-0.25, -0.2) is 0 Å². The average molecular weight is 346 g/mol. The van der Waals surface area contributed by atoms with Gasteiger partial charge in [0.25, 0.3) is 0 Å². The van der Waals surface area contributed by atoms with Crippen molar-refractivity contribution in [1.29, 1.82) is 0 Å². The normalized spacial score (nSPS) is 14.3. The van der Waals surface area contributed by atoms with E-state index in [4.69, 9.17) is 10.5 Å². The molecule has 0 aliphatic rings. The van der Waals surface area contributed by atoms with Crippen LogP contribution in [-0.2, 0) is 0 Å². The van der Waals surface area contributed by atoms with Gasteiger partial charge in [0, 0.05) is 0 Å². The van der Waals surface area contributed by atoms with Crippen molar-refractivity contribution in [2.24, 2.45) is 11.7 Å². The van der Waals surface area contributed by atoms with Gasteiger partial charge in [-0.1, -0.05) is 13.8 Å². The molecule has 0 spiro atoms. The van der Waals surface area contributed by atoms with E-state index in [0.717, 1.165) is 12.0 Å². The second-order valence-corrected chi connectivity index (χ2v) is 6.20. The molecule has 114 valence electrons. The number of aliphatic hydroxyl groups is 1. The highest BCUT2D eigenvalue weighted by Gasteiger charge is 2.20. The van der Waals surface area contributed by atoms with E-state index in [1.807, 2.05) is 6.92 Å². The number of hydrogen-bond acceptors (Lipinski definition) is 4. The van der Waals surface area contributed by atoms with Crippen molar-refractivity contribution >= 4 is 15.9 Å². The molecule has 4 nitrogen and oxygen atoms in total. The lowest BCUT2D eigenvalue weighted by Crippen LogP contribution is -2.26. The number of benzene rings is 1. The summed E-state index contributed by atoms with van der Waals surface area (Å²) in [5.74, 6) is 0.963. The molecule has 1 aromatic rings. The first kappa shape index (κ1) is 17.3. The Morgan fingerprint density at radius 1 is 1.30 bits per heavy atom. The van der Waals surface area contributed by atoms with E-state index in [-0.39, 0.29) is 5.75 Å². The molecule has 0 radical (unpaired) electrons. The van der Waals surface area contributed by atoms with Crippen molar-refractivity contribution in [3.05, 3.63) is 22.2 Å². The number of phenolic OH excluding ortho intramolecular Hbond substituents is 1. The van der Waals surface area contributed by atoms with Crippen molar-refractivity contribution in [2.75, 3.05) is 6.61 Å². The standard InChI is InChI=1S/C15H24BrNO3/c1-4-20-13-8-10(7-11(16)15(13)19)14(17)12(18)6-5-9(2)3/h7-9,12,14,18-19H,4-6,17H2,1-3H3/t12-,14+/m1/s1. The molecule has 0 amide bonds. The SMILES string of the molecule is CCOc1cc([C@H](N)[C@H](O)CCC(C)C)cc(Br)c1O. The number of nitrogens with two attached hydrogens (primary N) is 1. The minimum atomic E-state index is -0.608. The topological polar surface area (TPSA) is 75.7 Å². The summed E-state index contributed by atoms with van der Waals surface area (Å²) in [5, 5.41) is 20.0. The molecule has 0 fully saturated rings. The summed E-state index contributed by atoms with van der Waals surface area (Å²) in [5.41, 5.74) is 6.85. The highest BCUT2D eigenvalue weighted by atomic mass is 79.9. The minimum absolute atomic E-state index is 0.0551. The summed E-state index contributed by atoms with van der Waals surface area (Å²) in [6, 6.07) is 2.92. The Morgan fingerprint density at radius 2 is 1.95 bits per heavy atom. The summed E-state index contributed by atoms with van der Waals surface area (Å²) in [6.07, 6.45) is 0.969. The summed E-state index contributed by atoms with van der Waals surface area (Å²) >= 11 is 3.28. The Labute approximate surface area is 129 Å². The van der Waals surface area contributed by atoms with Crippen LogP contribution in [0.15, 0.2) is 16.6 Å². The fourth-order valence-corrected chi connectivity index (χ4v) is 2.42. The number of aliphatic hydroxyl groups excluding tert-OH is 1. The first-order chi connectivity index (χ1) is 9.36. The van der Waals surface area contributed by atoms with Gasteiger partial charge < -0.3 is 20.7 Å². The molecule has 4 N–H and O–H groups in total. The van der Waals surface area contributed by atoms with Crippen LogP contribution < -0.4 is 10.5 Å². The van der Waals surface area contributed by atoms with Crippen molar-refractivity contribution in [2.45, 2.75) is 45.8 Å². The fourth-order valence-electron chi connectivity index (χ4n) is 1.96. The molecule has 2 atom stereocenters. The maximum Gasteiger partial charge on any atom is 0.172 e. The maximum absolute atomic E-state index is 10.2. The Kier molecular flexibility index (Phi) is 6.79. The number of aromatic hydroxyl groups is 1. The smallest absolute Gasteiger partial charge is 0.172 e. The Morgan fingerprint density at radius 3 is 2.50 bits per heavy atom. The van der Waals surface area contributed by atoms with Crippen LogP contribution in [0.2, 0.25) is 0 Å². The molecule has 0 saturated carbocycles. The maximum atomic E-state index is 10.2. The largest absolute Gasteiger partial charge is 0.503 e. The van der Waals surface area contributed by atoms with Gasteiger partial charge in [-0.3, -0.25) is 0 Å². The lowest BCUT2D eigenvalue weighted by atomic mass is 9.96. The number of phenols is 1. The molecule has 20 heavy (non-hydrogen) atoms. The van der Waals surface area contributed by atoms with Gasteiger partial charge >= 0.3 is 0 Å². The molecule has 0 aliphatic heterocycles. The van der Waals surface area contributed by atoms with Crippen LogP contribution in [0, 0.1) is 5.92 Å². The first-order valence-corrected chi connectivity index (χ1v) is 7.74. The molecular formula is C15H24BrNO3. The van der Waals surface area contributed by atoms with Crippen molar-refractivity contribution in [3.63, 3.8) is 0 Å². The average Bonchev–Trinajstić information content (AvgIpc) is 2.40. The van der Waals surface area contributed by atoms with Crippen LogP contribution in [-0.4, -0.2) is 22.9 Å². The van der Waals surface area contributed by atoms with Gasteiger partial charge in [0.15, 0.2) is 11.5 Å². The second kappa shape index (κ2) is 7.86. The van der Waals surface area contributed by atoms with Crippen LogP contribution in [0.5, 0.6) is 11.5 Å². The number of hydrogen-bond donors (Lipinski definition) is 3. The molecule has 0 aliphatic carbocycles. The lowest BCUT2D eigenvalue weighted by Gasteiger charge is -2.21. The van der Waals surface area contributed by atoms with Crippen molar-refractivity contribution in [3.8, 4) is 11.5 Å². The van der Waals surface area contributed by atoms with Gasteiger partial charge in [-0.15, -0.1) is 0 Å². The Balaban J connectivity index is 2.89. The van der Waals surface area contributed by atoms with Gasteiger partial charge in [-0.2, -0.15) is 0 Å². The molecule has 0 bridgehead atoms. The van der Waals surface area contributed by atoms with Crippen LogP contribution in [0.25, 0.3) is 0 Å². The summed E-state index contributed by atoms with van der Waals surface area (Å²) in [4.78, 5) is 0. The first-order valence-electron chi connectivity index (χ1n) is 6.95. The molecular weight excluding hydrogens is 322 g/mol. The zero-order valence-corrected chi connectivity index (χ0v) is 13.9. The van der Waals surface area contributed by atoms with Gasteiger partial charge in [0.05, 0.1) is 23.2 Å². The fraction of sp³-hybridized carbons (Fsp3) is 0.600. The minimum Gasteiger partial charge on any atom is -0.503 e. The predicted octanol–water partition coefficient (Wildman–Crippen LogP) is 3.35. The molecule has 5 heteroatoms. The highest BCUT2D eigenvalue weighted by Crippen LogP contribution is 2.37.